The average Bonchev–Trinajstić information content (AvgIpc) is 3.08. The number of benzene rings is 2. The maximum absolute atomic E-state index is 12.3. The highest BCUT2D eigenvalue weighted by Gasteiger charge is 2.22. The molecule has 6 heteroatoms. The van der Waals surface area contributed by atoms with Gasteiger partial charge in [-0.2, -0.15) is 5.10 Å². The molecule has 0 fully saturated rings. The van der Waals surface area contributed by atoms with Crippen LogP contribution in [0.5, 0.6) is 5.75 Å². The van der Waals surface area contributed by atoms with Crippen LogP contribution in [0.3, 0.4) is 0 Å². The summed E-state index contributed by atoms with van der Waals surface area (Å²) in [5.41, 5.74) is 5.47. The van der Waals surface area contributed by atoms with Gasteiger partial charge in [0.15, 0.2) is 0 Å². The molecule has 1 aromatic heterocycles. The molecule has 3 aromatic rings. The normalized spacial score (nSPS) is 12.4. The minimum atomic E-state index is -0.234. The number of hydrogen-bond donors (Lipinski definition) is 1. The van der Waals surface area contributed by atoms with Crippen LogP contribution in [0.25, 0.3) is 10.4 Å². The fraction of sp³-hybridized carbons (Fsp3) is 0.0526. The first-order valence-corrected chi connectivity index (χ1v) is 8.84. The van der Waals surface area contributed by atoms with Crippen LogP contribution in [0.15, 0.2) is 59.7 Å². The number of para-hydroxylation sites is 1. The summed E-state index contributed by atoms with van der Waals surface area (Å²) in [5.74, 6) is 0.617. The quantitative estimate of drug-likeness (QED) is 0.537. The van der Waals surface area contributed by atoms with Crippen molar-refractivity contribution in [3.05, 3.63) is 75.6 Å². The maximum Gasteiger partial charge on any atom is 0.281 e. The van der Waals surface area contributed by atoms with Crippen molar-refractivity contribution in [1.29, 1.82) is 0 Å². The van der Waals surface area contributed by atoms with E-state index < -0.39 is 0 Å². The number of carbonyl (C=O) groups excluding carboxylic acids is 1. The third-order valence-electron chi connectivity index (χ3n) is 3.80. The van der Waals surface area contributed by atoms with Crippen molar-refractivity contribution in [3.8, 4) is 16.2 Å². The molecule has 25 heavy (non-hydrogen) atoms. The standard InChI is InChI=1S/C19H13ClN2O2S/c20-14-7-5-12(6-8-14)10-21-22-19(23)17-9-13-11-24-16-4-2-1-3-15(16)18(13)25-17/h1-10H,11H2,(H,22,23)/b21-10+. The van der Waals surface area contributed by atoms with Crippen LogP contribution in [0.2, 0.25) is 5.02 Å². The van der Waals surface area contributed by atoms with Crippen molar-refractivity contribution < 1.29 is 9.53 Å². The Bertz CT molecular complexity index is 964. The molecular weight excluding hydrogens is 356 g/mol. The molecule has 4 rings (SSSR count). The molecule has 0 bridgehead atoms. The molecule has 0 saturated carbocycles. The van der Waals surface area contributed by atoms with Gasteiger partial charge in [-0.1, -0.05) is 35.9 Å². The average molecular weight is 369 g/mol. The van der Waals surface area contributed by atoms with Gasteiger partial charge in [0, 0.05) is 21.0 Å². The first-order valence-electron chi connectivity index (χ1n) is 7.64. The SMILES string of the molecule is O=C(N/N=C/c1ccc(Cl)cc1)c1cc2c(s1)-c1ccccc1OC2. The monoisotopic (exact) mass is 368 g/mol. The number of ether oxygens (including phenoxy) is 1. The Morgan fingerprint density at radius 3 is 2.84 bits per heavy atom. The van der Waals surface area contributed by atoms with E-state index in [9.17, 15) is 4.79 Å². The molecule has 0 saturated heterocycles. The maximum atomic E-state index is 12.3. The molecule has 4 nitrogen and oxygen atoms in total. The van der Waals surface area contributed by atoms with Crippen molar-refractivity contribution in [1.82, 2.24) is 5.43 Å². The van der Waals surface area contributed by atoms with E-state index in [2.05, 4.69) is 10.5 Å². The van der Waals surface area contributed by atoms with Crippen molar-refractivity contribution >= 4 is 35.1 Å². The minimum absolute atomic E-state index is 0.234. The molecule has 1 N–H and O–H groups in total. The summed E-state index contributed by atoms with van der Waals surface area (Å²) in [6.07, 6.45) is 1.58. The van der Waals surface area contributed by atoms with Crippen LogP contribution in [0.4, 0.5) is 0 Å². The molecule has 1 amide bonds. The highest BCUT2D eigenvalue weighted by molar-refractivity contribution is 7.17. The number of thiophene rings is 1. The predicted octanol–water partition coefficient (Wildman–Crippen LogP) is 4.72. The lowest BCUT2D eigenvalue weighted by Gasteiger charge is -2.16. The number of nitrogens with zero attached hydrogens (tertiary/aromatic N) is 1. The van der Waals surface area contributed by atoms with Crippen LogP contribution in [-0.4, -0.2) is 12.1 Å². The summed E-state index contributed by atoms with van der Waals surface area (Å²) >= 11 is 7.29. The van der Waals surface area contributed by atoms with Gasteiger partial charge in [-0.05, 0) is 35.9 Å². The largest absolute Gasteiger partial charge is 0.488 e. The fourth-order valence-electron chi connectivity index (χ4n) is 2.58. The summed E-state index contributed by atoms with van der Waals surface area (Å²) < 4.78 is 5.73. The van der Waals surface area contributed by atoms with E-state index in [4.69, 9.17) is 16.3 Å². The van der Waals surface area contributed by atoms with Gasteiger partial charge in [0.2, 0.25) is 0 Å². The summed E-state index contributed by atoms with van der Waals surface area (Å²) in [4.78, 5) is 14.0. The van der Waals surface area contributed by atoms with Crippen molar-refractivity contribution in [2.24, 2.45) is 5.10 Å². The van der Waals surface area contributed by atoms with E-state index in [1.54, 1.807) is 18.3 Å². The topological polar surface area (TPSA) is 50.7 Å². The van der Waals surface area contributed by atoms with Crippen LogP contribution in [-0.2, 0) is 6.61 Å². The van der Waals surface area contributed by atoms with Gasteiger partial charge >= 0.3 is 0 Å². The number of nitrogens with one attached hydrogen (secondary N) is 1. The molecule has 0 unspecified atom stereocenters. The zero-order valence-electron chi connectivity index (χ0n) is 13.0. The lowest BCUT2D eigenvalue weighted by atomic mass is 10.1. The van der Waals surface area contributed by atoms with Gasteiger partial charge < -0.3 is 4.74 Å². The third kappa shape index (κ3) is 3.29. The number of rotatable bonds is 3. The Morgan fingerprint density at radius 1 is 1.20 bits per heavy atom. The van der Waals surface area contributed by atoms with Crippen LogP contribution >= 0.6 is 22.9 Å². The molecule has 0 spiro atoms. The second-order valence-electron chi connectivity index (χ2n) is 5.50. The summed E-state index contributed by atoms with van der Waals surface area (Å²) in [5, 5.41) is 4.67. The molecule has 0 aliphatic carbocycles. The zero-order valence-corrected chi connectivity index (χ0v) is 14.6. The van der Waals surface area contributed by atoms with Gasteiger partial charge in [-0.15, -0.1) is 11.3 Å². The van der Waals surface area contributed by atoms with E-state index in [0.717, 1.165) is 27.3 Å². The Balaban J connectivity index is 1.51. The summed E-state index contributed by atoms with van der Waals surface area (Å²) in [6.45, 7) is 0.476. The van der Waals surface area contributed by atoms with Crippen molar-refractivity contribution in [2.45, 2.75) is 6.61 Å². The lowest BCUT2D eigenvalue weighted by Crippen LogP contribution is -2.16. The molecule has 0 radical (unpaired) electrons. The van der Waals surface area contributed by atoms with E-state index >= 15 is 0 Å². The van der Waals surface area contributed by atoms with Crippen molar-refractivity contribution in [2.75, 3.05) is 0 Å². The fourth-order valence-corrected chi connectivity index (χ4v) is 3.79. The highest BCUT2D eigenvalue weighted by Crippen LogP contribution is 2.42. The van der Waals surface area contributed by atoms with E-state index in [-0.39, 0.29) is 5.91 Å². The van der Waals surface area contributed by atoms with Gasteiger partial charge in [0.1, 0.15) is 12.4 Å². The second kappa shape index (κ2) is 6.70. The lowest BCUT2D eigenvalue weighted by molar-refractivity contribution is 0.0959. The first kappa shape index (κ1) is 15.9. The number of carbonyl (C=O) groups is 1. The van der Waals surface area contributed by atoms with Crippen molar-refractivity contribution in [3.63, 3.8) is 0 Å². The van der Waals surface area contributed by atoms with E-state index in [1.165, 1.54) is 11.3 Å². The highest BCUT2D eigenvalue weighted by atomic mass is 35.5. The molecule has 0 atom stereocenters. The Labute approximate surface area is 153 Å². The van der Waals surface area contributed by atoms with E-state index in [1.807, 2.05) is 42.5 Å². The molecule has 1 aliphatic heterocycles. The molecular formula is C19H13ClN2O2S. The molecule has 1 aliphatic rings. The third-order valence-corrected chi connectivity index (χ3v) is 5.26. The summed E-state index contributed by atoms with van der Waals surface area (Å²) in [7, 11) is 0. The Kier molecular flexibility index (Phi) is 4.26. The number of amides is 1. The predicted molar refractivity (Wildman–Crippen MR) is 101 cm³/mol. The van der Waals surface area contributed by atoms with Crippen LogP contribution < -0.4 is 10.2 Å². The molecule has 124 valence electrons. The second-order valence-corrected chi connectivity index (χ2v) is 6.99. The van der Waals surface area contributed by atoms with Gasteiger partial charge in [0.25, 0.3) is 5.91 Å². The Hall–Kier alpha value is -2.63. The van der Waals surface area contributed by atoms with Gasteiger partial charge in [-0.25, -0.2) is 5.43 Å². The van der Waals surface area contributed by atoms with Crippen LogP contribution in [0.1, 0.15) is 20.8 Å². The molecule has 2 heterocycles. The smallest absolute Gasteiger partial charge is 0.281 e. The van der Waals surface area contributed by atoms with E-state index in [0.29, 0.717) is 16.5 Å². The van der Waals surface area contributed by atoms with Gasteiger partial charge in [-0.3, -0.25) is 4.79 Å². The summed E-state index contributed by atoms with van der Waals surface area (Å²) in [6, 6.07) is 16.9. The minimum Gasteiger partial charge on any atom is -0.488 e. The molecule has 2 aromatic carbocycles. The van der Waals surface area contributed by atoms with Gasteiger partial charge in [0.05, 0.1) is 11.1 Å². The number of halogens is 1. The van der Waals surface area contributed by atoms with Crippen LogP contribution in [0, 0.1) is 0 Å². The number of hydrogen-bond acceptors (Lipinski definition) is 4. The number of hydrazone groups is 1. The Morgan fingerprint density at radius 2 is 2.00 bits per heavy atom. The first-order chi connectivity index (χ1) is 12.2. The zero-order chi connectivity index (χ0) is 17.2. The number of fused-ring (bicyclic) bond motifs is 3.